The van der Waals surface area contributed by atoms with Crippen molar-refractivity contribution in [1.82, 2.24) is 5.32 Å². The van der Waals surface area contributed by atoms with Gasteiger partial charge < -0.3 is 5.32 Å². The predicted molar refractivity (Wildman–Crippen MR) is 78.9 cm³/mol. The Morgan fingerprint density at radius 1 is 1.11 bits per heavy atom. The van der Waals surface area contributed by atoms with Gasteiger partial charge in [-0.05, 0) is 49.4 Å². The SMILES string of the molecule is CCc1ccc(CC(CNC)C2CCCC2)cc1. The lowest BCUT2D eigenvalue weighted by molar-refractivity contribution is 0.328. The molecule has 1 aliphatic carbocycles. The molecule has 1 unspecified atom stereocenters. The third kappa shape index (κ3) is 3.58. The molecule has 1 atom stereocenters. The molecule has 0 aliphatic heterocycles. The zero-order chi connectivity index (χ0) is 12.8. The van der Waals surface area contributed by atoms with E-state index in [4.69, 9.17) is 0 Å². The molecular formula is C17H27N. The van der Waals surface area contributed by atoms with Crippen LogP contribution in [0, 0.1) is 11.8 Å². The lowest BCUT2D eigenvalue weighted by Crippen LogP contribution is -2.26. The summed E-state index contributed by atoms with van der Waals surface area (Å²) >= 11 is 0. The average Bonchev–Trinajstić information content (AvgIpc) is 2.93. The summed E-state index contributed by atoms with van der Waals surface area (Å²) in [6, 6.07) is 9.24. The van der Waals surface area contributed by atoms with E-state index in [0.29, 0.717) is 0 Å². The van der Waals surface area contributed by atoms with Crippen molar-refractivity contribution in [3.8, 4) is 0 Å². The number of rotatable bonds is 6. The molecule has 0 saturated heterocycles. The minimum Gasteiger partial charge on any atom is -0.319 e. The van der Waals surface area contributed by atoms with Crippen molar-refractivity contribution in [3.63, 3.8) is 0 Å². The Labute approximate surface area is 112 Å². The lowest BCUT2D eigenvalue weighted by Gasteiger charge is -2.23. The van der Waals surface area contributed by atoms with Gasteiger partial charge in [-0.2, -0.15) is 0 Å². The lowest BCUT2D eigenvalue weighted by atomic mass is 9.85. The van der Waals surface area contributed by atoms with Gasteiger partial charge in [0.1, 0.15) is 0 Å². The molecule has 100 valence electrons. The minimum absolute atomic E-state index is 0.824. The second kappa shape index (κ2) is 6.94. The second-order valence-electron chi connectivity index (χ2n) is 5.74. The first kappa shape index (κ1) is 13.6. The summed E-state index contributed by atoms with van der Waals surface area (Å²) in [5.41, 5.74) is 2.96. The molecule has 0 radical (unpaired) electrons. The van der Waals surface area contributed by atoms with E-state index in [9.17, 15) is 0 Å². The Bertz CT molecular complexity index is 335. The first-order valence-corrected chi connectivity index (χ1v) is 7.56. The van der Waals surface area contributed by atoms with E-state index in [1.54, 1.807) is 0 Å². The van der Waals surface area contributed by atoms with Crippen molar-refractivity contribution >= 4 is 0 Å². The maximum absolute atomic E-state index is 3.39. The summed E-state index contributed by atoms with van der Waals surface area (Å²) in [5.74, 6) is 1.77. The summed E-state index contributed by atoms with van der Waals surface area (Å²) in [4.78, 5) is 0. The molecule has 18 heavy (non-hydrogen) atoms. The number of hydrogen-bond donors (Lipinski definition) is 1. The molecule has 1 aromatic rings. The molecule has 1 aromatic carbocycles. The van der Waals surface area contributed by atoms with E-state index in [2.05, 4.69) is 43.6 Å². The molecule has 0 heterocycles. The van der Waals surface area contributed by atoms with Crippen LogP contribution in [0.4, 0.5) is 0 Å². The van der Waals surface area contributed by atoms with E-state index >= 15 is 0 Å². The van der Waals surface area contributed by atoms with Gasteiger partial charge in [-0.3, -0.25) is 0 Å². The zero-order valence-electron chi connectivity index (χ0n) is 11.9. The number of nitrogens with one attached hydrogen (secondary N) is 1. The monoisotopic (exact) mass is 245 g/mol. The van der Waals surface area contributed by atoms with Crippen LogP contribution in [0.3, 0.4) is 0 Å². The van der Waals surface area contributed by atoms with Crippen molar-refractivity contribution in [2.75, 3.05) is 13.6 Å². The molecule has 2 rings (SSSR count). The molecular weight excluding hydrogens is 218 g/mol. The Balaban J connectivity index is 1.98. The third-order valence-corrected chi connectivity index (χ3v) is 4.46. The summed E-state index contributed by atoms with van der Waals surface area (Å²) in [6.07, 6.45) is 8.16. The predicted octanol–water partition coefficient (Wildman–Crippen LogP) is 3.82. The number of benzene rings is 1. The van der Waals surface area contributed by atoms with Crippen molar-refractivity contribution in [2.45, 2.75) is 45.4 Å². The van der Waals surface area contributed by atoms with Crippen LogP contribution in [0.1, 0.15) is 43.7 Å². The standard InChI is InChI=1S/C17H27N/c1-3-14-8-10-15(11-9-14)12-17(13-18-2)16-6-4-5-7-16/h8-11,16-18H,3-7,12-13H2,1-2H3. The van der Waals surface area contributed by atoms with Crippen LogP contribution in [0.15, 0.2) is 24.3 Å². The van der Waals surface area contributed by atoms with Gasteiger partial charge in [0.25, 0.3) is 0 Å². The van der Waals surface area contributed by atoms with Crippen LogP contribution in [0.2, 0.25) is 0 Å². The van der Waals surface area contributed by atoms with Gasteiger partial charge in [-0.1, -0.05) is 56.9 Å². The molecule has 0 amide bonds. The number of hydrogen-bond acceptors (Lipinski definition) is 1. The second-order valence-corrected chi connectivity index (χ2v) is 5.74. The highest BCUT2D eigenvalue weighted by Gasteiger charge is 2.24. The van der Waals surface area contributed by atoms with Crippen LogP contribution in [0.25, 0.3) is 0 Å². The molecule has 0 spiro atoms. The zero-order valence-corrected chi connectivity index (χ0v) is 11.9. The molecule has 1 saturated carbocycles. The molecule has 1 nitrogen and oxygen atoms in total. The van der Waals surface area contributed by atoms with Crippen LogP contribution in [-0.4, -0.2) is 13.6 Å². The van der Waals surface area contributed by atoms with Gasteiger partial charge in [0, 0.05) is 0 Å². The van der Waals surface area contributed by atoms with Gasteiger partial charge in [-0.15, -0.1) is 0 Å². The maximum Gasteiger partial charge on any atom is -0.00177 e. The van der Waals surface area contributed by atoms with Crippen LogP contribution in [0.5, 0.6) is 0 Å². The van der Waals surface area contributed by atoms with Crippen molar-refractivity contribution < 1.29 is 0 Å². The van der Waals surface area contributed by atoms with Crippen molar-refractivity contribution in [2.24, 2.45) is 11.8 Å². The Kier molecular flexibility index (Phi) is 5.25. The van der Waals surface area contributed by atoms with E-state index in [1.807, 2.05) is 0 Å². The normalized spacial score (nSPS) is 18.1. The highest BCUT2D eigenvalue weighted by atomic mass is 14.8. The Morgan fingerprint density at radius 2 is 1.72 bits per heavy atom. The van der Waals surface area contributed by atoms with Gasteiger partial charge in [-0.25, -0.2) is 0 Å². The van der Waals surface area contributed by atoms with Gasteiger partial charge in [0.05, 0.1) is 0 Å². The fourth-order valence-corrected chi connectivity index (χ4v) is 3.31. The maximum atomic E-state index is 3.39. The minimum atomic E-state index is 0.824. The molecule has 0 bridgehead atoms. The fraction of sp³-hybridized carbons (Fsp3) is 0.647. The summed E-state index contributed by atoms with van der Waals surface area (Å²) in [7, 11) is 2.09. The van der Waals surface area contributed by atoms with Crippen molar-refractivity contribution in [3.05, 3.63) is 35.4 Å². The van der Waals surface area contributed by atoms with Gasteiger partial charge >= 0.3 is 0 Å². The summed E-state index contributed by atoms with van der Waals surface area (Å²) in [5, 5.41) is 3.39. The molecule has 1 fully saturated rings. The highest BCUT2D eigenvalue weighted by Crippen LogP contribution is 2.33. The first-order chi connectivity index (χ1) is 8.83. The molecule has 1 aliphatic rings. The van der Waals surface area contributed by atoms with E-state index in [-0.39, 0.29) is 0 Å². The highest BCUT2D eigenvalue weighted by molar-refractivity contribution is 5.23. The van der Waals surface area contributed by atoms with E-state index in [1.165, 1.54) is 49.8 Å². The van der Waals surface area contributed by atoms with Crippen LogP contribution >= 0.6 is 0 Å². The van der Waals surface area contributed by atoms with E-state index in [0.717, 1.165) is 18.3 Å². The van der Waals surface area contributed by atoms with Crippen LogP contribution < -0.4 is 5.32 Å². The average molecular weight is 245 g/mol. The Hall–Kier alpha value is -0.820. The fourth-order valence-electron chi connectivity index (χ4n) is 3.31. The number of aryl methyl sites for hydroxylation is 1. The third-order valence-electron chi connectivity index (χ3n) is 4.46. The molecule has 1 heteroatoms. The van der Waals surface area contributed by atoms with Gasteiger partial charge in [0.2, 0.25) is 0 Å². The topological polar surface area (TPSA) is 12.0 Å². The first-order valence-electron chi connectivity index (χ1n) is 7.56. The molecule has 0 aromatic heterocycles. The largest absolute Gasteiger partial charge is 0.319 e. The quantitative estimate of drug-likeness (QED) is 0.803. The van der Waals surface area contributed by atoms with Gasteiger partial charge in [0.15, 0.2) is 0 Å². The molecule has 1 N–H and O–H groups in total. The van der Waals surface area contributed by atoms with E-state index < -0.39 is 0 Å². The summed E-state index contributed by atoms with van der Waals surface area (Å²) in [6.45, 7) is 3.39. The summed E-state index contributed by atoms with van der Waals surface area (Å²) < 4.78 is 0. The Morgan fingerprint density at radius 3 is 2.28 bits per heavy atom. The van der Waals surface area contributed by atoms with Crippen molar-refractivity contribution in [1.29, 1.82) is 0 Å². The van der Waals surface area contributed by atoms with Crippen LogP contribution in [-0.2, 0) is 12.8 Å². The smallest absolute Gasteiger partial charge is 0.00177 e.